The van der Waals surface area contributed by atoms with Crippen molar-refractivity contribution in [2.45, 2.75) is 13.5 Å². The van der Waals surface area contributed by atoms with Crippen LogP contribution in [0.2, 0.25) is 0 Å². The molecule has 12 heavy (non-hydrogen) atoms. The van der Waals surface area contributed by atoms with Crippen LogP contribution in [-0.2, 0) is 6.54 Å². The number of aryl methyl sites for hydroxylation is 1. The summed E-state index contributed by atoms with van der Waals surface area (Å²) in [7, 11) is 0. The quantitative estimate of drug-likeness (QED) is 0.663. The molecule has 0 spiro atoms. The normalized spacial score (nSPS) is 10.8. The first-order chi connectivity index (χ1) is 5.83. The summed E-state index contributed by atoms with van der Waals surface area (Å²) in [6.07, 6.45) is 1.82. The lowest BCUT2D eigenvalue weighted by atomic mass is 10.1. The van der Waals surface area contributed by atoms with E-state index in [0.717, 1.165) is 10.9 Å². The Morgan fingerprint density at radius 2 is 2.33 bits per heavy atom. The molecule has 2 aromatic rings. The standard InChI is InChI=1S/C9H11N3/c1-6-7(4-10)2-3-8-5-11-12-9(6)8/h2-3,5H,4,10H2,1H3,(H,11,12). The first-order valence-corrected chi connectivity index (χ1v) is 3.94. The minimum absolute atomic E-state index is 0.584. The van der Waals surface area contributed by atoms with Crippen LogP contribution in [0.25, 0.3) is 10.9 Å². The molecule has 3 heteroatoms. The first kappa shape index (κ1) is 7.31. The van der Waals surface area contributed by atoms with Crippen molar-refractivity contribution in [2.75, 3.05) is 0 Å². The van der Waals surface area contributed by atoms with Gasteiger partial charge in [0.2, 0.25) is 0 Å². The van der Waals surface area contributed by atoms with E-state index in [1.807, 2.05) is 18.3 Å². The van der Waals surface area contributed by atoms with Crippen molar-refractivity contribution in [1.82, 2.24) is 10.2 Å². The molecule has 0 unspecified atom stereocenters. The summed E-state index contributed by atoms with van der Waals surface area (Å²) in [5.74, 6) is 0. The van der Waals surface area contributed by atoms with Gasteiger partial charge in [-0.1, -0.05) is 12.1 Å². The molecule has 0 fully saturated rings. The fraction of sp³-hybridized carbons (Fsp3) is 0.222. The highest BCUT2D eigenvalue weighted by molar-refractivity contribution is 5.82. The van der Waals surface area contributed by atoms with Gasteiger partial charge in [-0.2, -0.15) is 5.10 Å². The molecule has 0 aliphatic rings. The van der Waals surface area contributed by atoms with Gasteiger partial charge in [-0.15, -0.1) is 0 Å². The lowest BCUT2D eigenvalue weighted by Crippen LogP contribution is -1.98. The second kappa shape index (κ2) is 2.60. The van der Waals surface area contributed by atoms with E-state index in [1.54, 1.807) is 0 Å². The summed E-state index contributed by atoms with van der Waals surface area (Å²) >= 11 is 0. The number of hydrogen-bond donors (Lipinski definition) is 2. The number of H-pyrrole nitrogens is 1. The van der Waals surface area contributed by atoms with Gasteiger partial charge < -0.3 is 5.73 Å². The van der Waals surface area contributed by atoms with Crippen LogP contribution in [0.3, 0.4) is 0 Å². The molecular weight excluding hydrogens is 150 g/mol. The Labute approximate surface area is 70.6 Å². The zero-order chi connectivity index (χ0) is 8.55. The third kappa shape index (κ3) is 0.905. The molecule has 1 heterocycles. The lowest BCUT2D eigenvalue weighted by Gasteiger charge is -2.02. The summed E-state index contributed by atoms with van der Waals surface area (Å²) in [6.45, 7) is 2.64. The Bertz CT molecular complexity index is 403. The third-order valence-corrected chi connectivity index (χ3v) is 2.21. The molecule has 0 saturated carbocycles. The smallest absolute Gasteiger partial charge is 0.0682 e. The Balaban J connectivity index is 2.78. The van der Waals surface area contributed by atoms with E-state index in [0.29, 0.717) is 6.54 Å². The van der Waals surface area contributed by atoms with Crippen molar-refractivity contribution >= 4 is 10.9 Å². The second-order valence-corrected chi connectivity index (χ2v) is 2.89. The molecule has 0 aliphatic carbocycles. The number of nitrogens with zero attached hydrogens (tertiary/aromatic N) is 1. The maximum Gasteiger partial charge on any atom is 0.0682 e. The molecule has 3 nitrogen and oxygen atoms in total. The Morgan fingerprint density at radius 1 is 1.50 bits per heavy atom. The number of aromatic amines is 1. The summed E-state index contributed by atoms with van der Waals surface area (Å²) in [5, 5.41) is 8.07. The van der Waals surface area contributed by atoms with Gasteiger partial charge in [-0.3, -0.25) is 5.10 Å². The van der Waals surface area contributed by atoms with Crippen LogP contribution in [0.1, 0.15) is 11.1 Å². The zero-order valence-electron chi connectivity index (χ0n) is 6.96. The van der Waals surface area contributed by atoms with Crippen molar-refractivity contribution < 1.29 is 0 Å². The summed E-state index contributed by atoms with van der Waals surface area (Å²) in [5.41, 5.74) is 9.05. The lowest BCUT2D eigenvalue weighted by molar-refractivity contribution is 1.05. The predicted molar refractivity (Wildman–Crippen MR) is 48.7 cm³/mol. The van der Waals surface area contributed by atoms with Crippen LogP contribution in [-0.4, -0.2) is 10.2 Å². The van der Waals surface area contributed by atoms with Crippen molar-refractivity contribution in [2.24, 2.45) is 5.73 Å². The first-order valence-electron chi connectivity index (χ1n) is 3.94. The van der Waals surface area contributed by atoms with E-state index in [4.69, 9.17) is 5.73 Å². The Morgan fingerprint density at radius 3 is 3.08 bits per heavy atom. The number of fused-ring (bicyclic) bond motifs is 1. The van der Waals surface area contributed by atoms with Gasteiger partial charge in [-0.25, -0.2) is 0 Å². The molecule has 0 radical (unpaired) electrons. The fourth-order valence-electron chi connectivity index (χ4n) is 1.42. The van der Waals surface area contributed by atoms with Gasteiger partial charge in [0.15, 0.2) is 0 Å². The molecule has 62 valence electrons. The second-order valence-electron chi connectivity index (χ2n) is 2.89. The molecule has 1 aromatic carbocycles. The van der Waals surface area contributed by atoms with Crippen molar-refractivity contribution in [1.29, 1.82) is 0 Å². The molecule has 1 aromatic heterocycles. The van der Waals surface area contributed by atoms with Crippen LogP contribution in [0.4, 0.5) is 0 Å². The predicted octanol–water partition coefficient (Wildman–Crippen LogP) is 1.33. The molecule has 2 rings (SSSR count). The highest BCUT2D eigenvalue weighted by Crippen LogP contribution is 2.18. The van der Waals surface area contributed by atoms with Gasteiger partial charge in [0.25, 0.3) is 0 Å². The maximum absolute atomic E-state index is 5.58. The minimum Gasteiger partial charge on any atom is -0.326 e. The SMILES string of the molecule is Cc1c(CN)ccc2cn[nH]c12. The van der Waals surface area contributed by atoms with E-state index < -0.39 is 0 Å². The highest BCUT2D eigenvalue weighted by Gasteiger charge is 2.02. The fourth-order valence-corrected chi connectivity index (χ4v) is 1.42. The topological polar surface area (TPSA) is 54.7 Å². The molecule has 0 aliphatic heterocycles. The highest BCUT2D eigenvalue weighted by atomic mass is 15.1. The van der Waals surface area contributed by atoms with Crippen LogP contribution in [0.5, 0.6) is 0 Å². The maximum atomic E-state index is 5.58. The molecule has 0 saturated heterocycles. The zero-order valence-corrected chi connectivity index (χ0v) is 6.96. The van der Waals surface area contributed by atoms with E-state index in [2.05, 4.69) is 17.1 Å². The van der Waals surface area contributed by atoms with Crippen molar-refractivity contribution in [3.05, 3.63) is 29.5 Å². The average Bonchev–Trinajstić information content (AvgIpc) is 2.53. The number of hydrogen-bond acceptors (Lipinski definition) is 2. The van der Waals surface area contributed by atoms with Crippen LogP contribution in [0.15, 0.2) is 18.3 Å². The van der Waals surface area contributed by atoms with Crippen molar-refractivity contribution in [3.63, 3.8) is 0 Å². The van der Waals surface area contributed by atoms with Gasteiger partial charge in [0.05, 0.1) is 11.7 Å². The number of benzene rings is 1. The Hall–Kier alpha value is -1.35. The number of aromatic nitrogens is 2. The third-order valence-electron chi connectivity index (χ3n) is 2.21. The number of nitrogens with one attached hydrogen (secondary N) is 1. The van der Waals surface area contributed by atoms with E-state index >= 15 is 0 Å². The van der Waals surface area contributed by atoms with Gasteiger partial charge >= 0.3 is 0 Å². The van der Waals surface area contributed by atoms with Crippen LogP contribution in [0, 0.1) is 6.92 Å². The Kier molecular flexibility index (Phi) is 1.59. The average molecular weight is 161 g/mol. The number of rotatable bonds is 1. The molecule has 3 N–H and O–H groups in total. The molecule has 0 amide bonds. The van der Waals surface area contributed by atoms with Gasteiger partial charge in [-0.05, 0) is 18.1 Å². The molecule has 0 atom stereocenters. The monoisotopic (exact) mass is 161 g/mol. The largest absolute Gasteiger partial charge is 0.326 e. The van der Waals surface area contributed by atoms with Crippen molar-refractivity contribution in [3.8, 4) is 0 Å². The van der Waals surface area contributed by atoms with Crippen LogP contribution >= 0.6 is 0 Å². The summed E-state index contributed by atoms with van der Waals surface area (Å²) in [4.78, 5) is 0. The van der Waals surface area contributed by atoms with Gasteiger partial charge in [0, 0.05) is 11.9 Å². The van der Waals surface area contributed by atoms with E-state index in [1.165, 1.54) is 11.1 Å². The molecular formula is C9H11N3. The van der Waals surface area contributed by atoms with Gasteiger partial charge in [0.1, 0.15) is 0 Å². The van der Waals surface area contributed by atoms with E-state index in [-0.39, 0.29) is 0 Å². The summed E-state index contributed by atoms with van der Waals surface area (Å²) in [6, 6.07) is 4.08. The van der Waals surface area contributed by atoms with E-state index in [9.17, 15) is 0 Å². The number of nitrogens with two attached hydrogens (primary N) is 1. The molecule has 0 bridgehead atoms. The minimum atomic E-state index is 0.584. The van der Waals surface area contributed by atoms with Crippen LogP contribution < -0.4 is 5.73 Å². The summed E-state index contributed by atoms with van der Waals surface area (Å²) < 4.78 is 0.